The first-order chi connectivity index (χ1) is 25.6. The maximum absolute atomic E-state index is 2.47. The van der Waals surface area contributed by atoms with Crippen LogP contribution in [0.1, 0.15) is 52.7 Å². The largest absolute Gasteiger partial charge is 0.0622 e. The van der Waals surface area contributed by atoms with Crippen molar-refractivity contribution in [1.82, 2.24) is 0 Å². The Morgan fingerprint density at radius 1 is 0.321 bits per heavy atom. The molecule has 0 N–H and O–H groups in total. The van der Waals surface area contributed by atoms with Gasteiger partial charge in [-0.05, 0) is 115 Å². The molecular weight excluding hydrogens is 637 g/mol. The molecule has 0 unspecified atom stereocenters. The maximum Gasteiger partial charge on any atom is 0.0324 e. The van der Waals surface area contributed by atoms with E-state index in [1.807, 2.05) is 0 Å². The third-order valence-electron chi connectivity index (χ3n) is 12.5. The molecule has 0 aliphatic heterocycles. The average Bonchev–Trinajstić information content (AvgIpc) is 3.51. The number of fused-ring (bicyclic) bond motifs is 12. The van der Waals surface area contributed by atoms with Crippen molar-refractivity contribution >= 4 is 53.9 Å². The average molecular weight is 681 g/mol. The Morgan fingerprint density at radius 2 is 0.755 bits per heavy atom. The smallest absolute Gasteiger partial charge is 0.0324 e. The highest BCUT2D eigenvalue weighted by atomic mass is 14.6. The first-order valence-electron chi connectivity index (χ1n) is 19.1. The van der Waals surface area contributed by atoms with Crippen molar-refractivity contribution in [2.24, 2.45) is 10.8 Å². The van der Waals surface area contributed by atoms with Crippen molar-refractivity contribution in [3.63, 3.8) is 0 Å². The molecule has 10 rings (SSSR count). The SMILES string of the molecule is CC(C)(C)C1(C(C)(C)C)c2c(ccc3cc(-c4c5ccccc5c(-c5ccccc5)c5ccccc45)ccc23)-c2c1c1ccccc1c1ccccc21. The fourth-order valence-corrected chi connectivity index (χ4v) is 11.0. The molecule has 0 saturated heterocycles. The van der Waals surface area contributed by atoms with Gasteiger partial charge in [0, 0.05) is 5.41 Å². The van der Waals surface area contributed by atoms with E-state index in [0.29, 0.717) is 0 Å². The molecule has 53 heavy (non-hydrogen) atoms. The van der Waals surface area contributed by atoms with E-state index in [4.69, 9.17) is 0 Å². The third-order valence-corrected chi connectivity index (χ3v) is 12.5. The quantitative estimate of drug-likeness (QED) is 0.126. The lowest BCUT2D eigenvalue weighted by Crippen LogP contribution is -2.50. The lowest BCUT2D eigenvalue weighted by atomic mass is 9.49. The Kier molecular flexibility index (Phi) is 6.72. The van der Waals surface area contributed by atoms with Crippen molar-refractivity contribution in [1.29, 1.82) is 0 Å². The van der Waals surface area contributed by atoms with Gasteiger partial charge >= 0.3 is 0 Å². The summed E-state index contributed by atoms with van der Waals surface area (Å²) in [6, 6.07) is 59.3. The zero-order valence-electron chi connectivity index (χ0n) is 31.5. The third kappa shape index (κ3) is 4.24. The van der Waals surface area contributed by atoms with Gasteiger partial charge in [-0.25, -0.2) is 0 Å². The molecule has 0 radical (unpaired) electrons. The summed E-state index contributed by atoms with van der Waals surface area (Å²) in [5.74, 6) is 0. The van der Waals surface area contributed by atoms with Crippen LogP contribution in [-0.2, 0) is 5.41 Å². The summed E-state index contributed by atoms with van der Waals surface area (Å²) in [7, 11) is 0. The fourth-order valence-electron chi connectivity index (χ4n) is 11.0. The normalized spacial score (nSPS) is 14.0. The molecule has 0 saturated carbocycles. The molecule has 0 aromatic heterocycles. The minimum absolute atomic E-state index is 0.0941. The van der Waals surface area contributed by atoms with Crippen LogP contribution < -0.4 is 0 Å². The highest BCUT2D eigenvalue weighted by Crippen LogP contribution is 2.68. The van der Waals surface area contributed by atoms with Crippen molar-refractivity contribution in [2.75, 3.05) is 0 Å². The summed E-state index contributed by atoms with van der Waals surface area (Å²) in [5.41, 5.74) is 10.4. The van der Waals surface area contributed by atoms with Crippen molar-refractivity contribution in [3.05, 3.63) is 169 Å². The predicted molar refractivity (Wildman–Crippen MR) is 230 cm³/mol. The number of rotatable bonds is 2. The van der Waals surface area contributed by atoms with Gasteiger partial charge in [0.2, 0.25) is 0 Å². The van der Waals surface area contributed by atoms with Gasteiger partial charge < -0.3 is 0 Å². The standard InChI is InChI=1S/C53H44/c1-51(2,3)53(52(4,5)6)49-36-30-29-35(47-42-25-15-13-23-40(42)46(33-18-8-7-9-19-33)41-24-14-16-26-43(41)47)32-34(36)28-31-45(49)48-39-22-12-10-20-37(39)38-21-11-17-27-44(38)50(48)53/h7-32H,1-6H3. The second kappa shape index (κ2) is 11.1. The van der Waals surface area contributed by atoms with Gasteiger partial charge in [-0.2, -0.15) is 0 Å². The van der Waals surface area contributed by atoms with Gasteiger partial charge in [0.05, 0.1) is 0 Å². The number of benzene rings is 9. The lowest BCUT2D eigenvalue weighted by molar-refractivity contribution is 0.0977. The molecule has 0 heterocycles. The second-order valence-electron chi connectivity index (χ2n) is 17.2. The Balaban J connectivity index is 1.32. The van der Waals surface area contributed by atoms with Gasteiger partial charge in [0.1, 0.15) is 0 Å². The van der Waals surface area contributed by atoms with E-state index >= 15 is 0 Å². The number of hydrogen-bond donors (Lipinski definition) is 0. The molecular formula is C53H44. The van der Waals surface area contributed by atoms with Crippen LogP contribution in [0.3, 0.4) is 0 Å². The van der Waals surface area contributed by atoms with Crippen LogP contribution in [0.2, 0.25) is 0 Å². The molecule has 0 bridgehead atoms. The molecule has 1 aliphatic rings. The van der Waals surface area contributed by atoms with E-state index in [1.165, 1.54) is 98.4 Å². The molecule has 9 aromatic carbocycles. The topological polar surface area (TPSA) is 0 Å². The van der Waals surface area contributed by atoms with Gasteiger partial charge in [-0.3, -0.25) is 0 Å². The van der Waals surface area contributed by atoms with Gasteiger partial charge in [0.15, 0.2) is 0 Å². The molecule has 0 spiro atoms. The van der Waals surface area contributed by atoms with E-state index in [2.05, 4.69) is 199 Å². The minimum atomic E-state index is -0.272. The van der Waals surface area contributed by atoms with Gasteiger partial charge in [-0.1, -0.05) is 193 Å². The summed E-state index contributed by atoms with van der Waals surface area (Å²) >= 11 is 0. The van der Waals surface area contributed by atoms with E-state index in [-0.39, 0.29) is 16.2 Å². The zero-order chi connectivity index (χ0) is 36.3. The molecule has 256 valence electrons. The highest BCUT2D eigenvalue weighted by Gasteiger charge is 2.59. The molecule has 0 atom stereocenters. The first kappa shape index (κ1) is 32.0. The monoisotopic (exact) mass is 680 g/mol. The highest BCUT2D eigenvalue weighted by molar-refractivity contribution is 6.23. The molecule has 0 fully saturated rings. The van der Waals surface area contributed by atoms with Crippen LogP contribution in [-0.4, -0.2) is 0 Å². The van der Waals surface area contributed by atoms with Crippen LogP contribution >= 0.6 is 0 Å². The number of hydrogen-bond acceptors (Lipinski definition) is 0. The van der Waals surface area contributed by atoms with E-state index in [1.54, 1.807) is 0 Å². The Morgan fingerprint density at radius 3 is 1.28 bits per heavy atom. The molecule has 0 heteroatoms. The lowest BCUT2D eigenvalue weighted by Gasteiger charge is -2.54. The fraction of sp³-hybridized carbons (Fsp3) is 0.170. The maximum atomic E-state index is 2.47. The minimum Gasteiger partial charge on any atom is -0.0622 e. The van der Waals surface area contributed by atoms with Crippen LogP contribution in [0.4, 0.5) is 0 Å². The Labute approximate surface area is 312 Å². The van der Waals surface area contributed by atoms with Crippen LogP contribution in [0.5, 0.6) is 0 Å². The van der Waals surface area contributed by atoms with Crippen LogP contribution in [0, 0.1) is 10.8 Å². The summed E-state index contributed by atoms with van der Waals surface area (Å²) in [6.45, 7) is 14.8. The Hall–Kier alpha value is -5.72. The van der Waals surface area contributed by atoms with E-state index in [9.17, 15) is 0 Å². The van der Waals surface area contributed by atoms with Crippen molar-refractivity contribution in [2.45, 2.75) is 47.0 Å². The van der Waals surface area contributed by atoms with Crippen LogP contribution in [0.15, 0.2) is 158 Å². The predicted octanol–water partition coefficient (Wildman–Crippen LogP) is 15.1. The van der Waals surface area contributed by atoms with Crippen LogP contribution in [0.25, 0.3) is 87.2 Å². The summed E-state index contributed by atoms with van der Waals surface area (Å²) in [6.07, 6.45) is 0. The molecule has 9 aromatic rings. The van der Waals surface area contributed by atoms with E-state index in [0.717, 1.165) is 0 Å². The summed E-state index contributed by atoms with van der Waals surface area (Å²) in [5, 5.41) is 13.2. The van der Waals surface area contributed by atoms with Gasteiger partial charge in [-0.15, -0.1) is 0 Å². The molecule has 0 nitrogen and oxygen atoms in total. The molecule has 0 amide bonds. The van der Waals surface area contributed by atoms with Crippen molar-refractivity contribution in [3.8, 4) is 33.4 Å². The Bertz CT molecular complexity index is 2870. The summed E-state index contributed by atoms with van der Waals surface area (Å²) < 4.78 is 0. The van der Waals surface area contributed by atoms with Gasteiger partial charge in [0.25, 0.3) is 0 Å². The first-order valence-corrected chi connectivity index (χ1v) is 19.1. The zero-order valence-corrected chi connectivity index (χ0v) is 31.5. The summed E-state index contributed by atoms with van der Waals surface area (Å²) in [4.78, 5) is 0. The van der Waals surface area contributed by atoms with E-state index < -0.39 is 0 Å². The second-order valence-corrected chi connectivity index (χ2v) is 17.2. The van der Waals surface area contributed by atoms with Crippen molar-refractivity contribution < 1.29 is 0 Å². The molecule has 1 aliphatic carbocycles.